The summed E-state index contributed by atoms with van der Waals surface area (Å²) < 4.78 is 1.72. The van der Waals surface area contributed by atoms with E-state index in [2.05, 4.69) is 10.4 Å². The molecule has 0 fully saturated rings. The van der Waals surface area contributed by atoms with Gasteiger partial charge in [0.2, 0.25) is 5.91 Å². The summed E-state index contributed by atoms with van der Waals surface area (Å²) in [7, 11) is 1.85. The van der Waals surface area contributed by atoms with Crippen LogP contribution in [0, 0.1) is 0 Å². The lowest BCUT2D eigenvalue weighted by molar-refractivity contribution is -0.121. The Balaban J connectivity index is 1.70. The molecule has 2 heterocycles. The van der Waals surface area contributed by atoms with E-state index >= 15 is 0 Å². The topological polar surface area (TPSA) is 67.2 Å². The molecule has 2 rings (SSSR count). The highest BCUT2D eigenvalue weighted by atomic mass is 32.1. The van der Waals surface area contributed by atoms with Crippen molar-refractivity contribution in [3.63, 3.8) is 0 Å². The zero-order chi connectivity index (χ0) is 13.7. The zero-order valence-electron chi connectivity index (χ0n) is 10.7. The number of carbonyl (C=O) groups excluding carboxylic acids is 1. The van der Waals surface area contributed by atoms with Crippen molar-refractivity contribution < 1.29 is 9.90 Å². The number of amides is 1. The van der Waals surface area contributed by atoms with Crippen LogP contribution in [0.5, 0.6) is 0 Å². The minimum atomic E-state index is -0.631. The molecule has 0 aliphatic carbocycles. The minimum absolute atomic E-state index is 0.0573. The molecular weight excluding hydrogens is 262 g/mol. The molecule has 1 unspecified atom stereocenters. The highest BCUT2D eigenvalue weighted by Gasteiger charge is 2.10. The van der Waals surface area contributed by atoms with Crippen molar-refractivity contribution in [2.24, 2.45) is 7.05 Å². The molecule has 19 heavy (non-hydrogen) atoms. The van der Waals surface area contributed by atoms with Gasteiger partial charge in [0, 0.05) is 26.2 Å². The second-order valence-electron chi connectivity index (χ2n) is 4.40. The van der Waals surface area contributed by atoms with Crippen LogP contribution in [0.15, 0.2) is 29.2 Å². The van der Waals surface area contributed by atoms with Gasteiger partial charge in [0.05, 0.1) is 12.3 Å². The van der Waals surface area contributed by atoms with Gasteiger partial charge in [-0.3, -0.25) is 9.48 Å². The van der Waals surface area contributed by atoms with Gasteiger partial charge in [0.1, 0.15) is 0 Å². The van der Waals surface area contributed by atoms with E-state index in [4.69, 9.17) is 0 Å². The Morgan fingerprint density at radius 1 is 1.63 bits per heavy atom. The third-order valence-electron chi connectivity index (χ3n) is 2.82. The van der Waals surface area contributed by atoms with Crippen LogP contribution in [0.2, 0.25) is 0 Å². The van der Waals surface area contributed by atoms with Crippen LogP contribution in [0.3, 0.4) is 0 Å². The van der Waals surface area contributed by atoms with Gasteiger partial charge in [-0.15, -0.1) is 0 Å². The number of aliphatic hydroxyl groups excluding tert-OH is 1. The molecule has 1 atom stereocenters. The van der Waals surface area contributed by atoms with E-state index in [9.17, 15) is 9.90 Å². The van der Waals surface area contributed by atoms with Crippen LogP contribution in [-0.2, 0) is 18.3 Å². The van der Waals surface area contributed by atoms with E-state index in [0.29, 0.717) is 12.8 Å². The quantitative estimate of drug-likeness (QED) is 0.836. The molecule has 2 aromatic rings. The average molecular weight is 279 g/mol. The van der Waals surface area contributed by atoms with E-state index in [1.165, 1.54) is 11.3 Å². The van der Waals surface area contributed by atoms with E-state index in [1.54, 1.807) is 10.9 Å². The Hall–Kier alpha value is -1.66. The molecule has 2 N–H and O–H groups in total. The van der Waals surface area contributed by atoms with E-state index in [1.807, 2.05) is 30.1 Å². The third kappa shape index (κ3) is 4.18. The lowest BCUT2D eigenvalue weighted by Crippen LogP contribution is -2.28. The van der Waals surface area contributed by atoms with E-state index in [-0.39, 0.29) is 12.5 Å². The van der Waals surface area contributed by atoms with Crippen LogP contribution in [-0.4, -0.2) is 27.3 Å². The second kappa shape index (κ2) is 6.49. The monoisotopic (exact) mass is 279 g/mol. The van der Waals surface area contributed by atoms with Gasteiger partial charge in [0.15, 0.2) is 0 Å². The van der Waals surface area contributed by atoms with E-state index < -0.39 is 6.10 Å². The highest BCUT2D eigenvalue weighted by Crippen LogP contribution is 2.15. The van der Waals surface area contributed by atoms with Crippen LogP contribution in [0.1, 0.15) is 23.7 Å². The van der Waals surface area contributed by atoms with Gasteiger partial charge >= 0.3 is 0 Å². The Labute approximate surface area is 115 Å². The first-order valence-electron chi connectivity index (χ1n) is 6.09. The molecule has 1 amide bonds. The smallest absolute Gasteiger partial charge is 0.220 e. The number of aryl methyl sites for hydroxylation is 2. The van der Waals surface area contributed by atoms with Gasteiger partial charge in [-0.05, 0) is 34.4 Å². The van der Waals surface area contributed by atoms with Gasteiger partial charge in [-0.1, -0.05) is 0 Å². The second-order valence-corrected chi connectivity index (χ2v) is 5.18. The molecule has 0 spiro atoms. The summed E-state index contributed by atoms with van der Waals surface area (Å²) in [5.74, 6) is -0.0573. The molecule has 0 aliphatic heterocycles. The Kier molecular flexibility index (Phi) is 4.70. The fourth-order valence-corrected chi connectivity index (χ4v) is 2.45. The van der Waals surface area contributed by atoms with Crippen molar-refractivity contribution in [3.8, 4) is 0 Å². The van der Waals surface area contributed by atoms with Crippen molar-refractivity contribution in [2.45, 2.75) is 18.9 Å². The molecule has 0 bridgehead atoms. The number of hydrogen-bond donors (Lipinski definition) is 2. The number of nitrogens with zero attached hydrogens (tertiary/aromatic N) is 2. The molecular formula is C13H17N3O2S. The first kappa shape index (κ1) is 13.8. The SMILES string of the molecule is Cn1cc(CCC(=O)NCC(O)c2ccsc2)cn1. The van der Waals surface area contributed by atoms with Crippen molar-refractivity contribution in [1.82, 2.24) is 15.1 Å². The molecule has 6 heteroatoms. The molecule has 5 nitrogen and oxygen atoms in total. The predicted molar refractivity (Wildman–Crippen MR) is 73.8 cm³/mol. The number of thiophene rings is 1. The molecule has 0 aromatic carbocycles. The summed E-state index contributed by atoms with van der Waals surface area (Å²) >= 11 is 1.53. The maximum atomic E-state index is 11.7. The zero-order valence-corrected chi connectivity index (χ0v) is 11.6. The van der Waals surface area contributed by atoms with Crippen molar-refractivity contribution in [1.29, 1.82) is 0 Å². The summed E-state index contributed by atoms with van der Waals surface area (Å²) in [5, 5.41) is 20.4. The molecule has 0 radical (unpaired) electrons. The van der Waals surface area contributed by atoms with E-state index in [0.717, 1.165) is 11.1 Å². The lowest BCUT2D eigenvalue weighted by atomic mass is 10.2. The number of nitrogens with one attached hydrogen (secondary N) is 1. The first-order valence-corrected chi connectivity index (χ1v) is 7.04. The van der Waals surface area contributed by atoms with Crippen molar-refractivity contribution >= 4 is 17.2 Å². The summed E-state index contributed by atoms with van der Waals surface area (Å²) in [6.45, 7) is 0.253. The maximum absolute atomic E-state index is 11.7. The van der Waals surface area contributed by atoms with Crippen LogP contribution < -0.4 is 5.32 Å². The van der Waals surface area contributed by atoms with Crippen LogP contribution in [0.25, 0.3) is 0 Å². The molecule has 0 saturated heterocycles. The van der Waals surface area contributed by atoms with Crippen LogP contribution in [0.4, 0.5) is 0 Å². The average Bonchev–Trinajstić information content (AvgIpc) is 3.04. The predicted octanol–water partition coefficient (Wildman–Crippen LogP) is 1.26. The maximum Gasteiger partial charge on any atom is 0.220 e. The first-order chi connectivity index (χ1) is 9.15. The van der Waals surface area contributed by atoms with Gasteiger partial charge < -0.3 is 10.4 Å². The van der Waals surface area contributed by atoms with Crippen LogP contribution >= 0.6 is 11.3 Å². The molecule has 2 aromatic heterocycles. The fraction of sp³-hybridized carbons (Fsp3) is 0.385. The standard InChI is InChI=1S/C13H17N3O2S/c1-16-8-10(6-15-16)2-3-13(18)14-7-12(17)11-4-5-19-9-11/h4-6,8-9,12,17H,2-3,7H2,1H3,(H,14,18). The lowest BCUT2D eigenvalue weighted by Gasteiger charge is -2.10. The number of aromatic nitrogens is 2. The molecule has 102 valence electrons. The molecule has 0 saturated carbocycles. The summed E-state index contributed by atoms with van der Waals surface area (Å²) in [4.78, 5) is 11.7. The Bertz CT molecular complexity index is 522. The van der Waals surface area contributed by atoms with Gasteiger partial charge in [-0.2, -0.15) is 16.4 Å². The number of rotatable bonds is 6. The summed E-state index contributed by atoms with van der Waals surface area (Å²) in [6, 6.07) is 1.86. The summed E-state index contributed by atoms with van der Waals surface area (Å²) in [5.41, 5.74) is 1.88. The van der Waals surface area contributed by atoms with Crippen molar-refractivity contribution in [3.05, 3.63) is 40.3 Å². The van der Waals surface area contributed by atoms with Gasteiger partial charge in [-0.25, -0.2) is 0 Å². The molecule has 0 aliphatic rings. The number of aliphatic hydroxyl groups is 1. The van der Waals surface area contributed by atoms with Crippen molar-refractivity contribution in [2.75, 3.05) is 6.54 Å². The number of hydrogen-bond acceptors (Lipinski definition) is 4. The fourth-order valence-electron chi connectivity index (χ4n) is 1.74. The minimum Gasteiger partial charge on any atom is -0.387 e. The van der Waals surface area contributed by atoms with Gasteiger partial charge in [0.25, 0.3) is 0 Å². The normalized spacial score (nSPS) is 12.3. The Morgan fingerprint density at radius 3 is 3.11 bits per heavy atom. The third-order valence-corrected chi connectivity index (χ3v) is 3.52. The largest absolute Gasteiger partial charge is 0.387 e. The Morgan fingerprint density at radius 2 is 2.47 bits per heavy atom. The number of carbonyl (C=O) groups is 1. The summed E-state index contributed by atoms with van der Waals surface area (Å²) in [6.07, 6.45) is 4.09. The highest BCUT2D eigenvalue weighted by molar-refractivity contribution is 7.07.